The molecule has 0 atom stereocenters. The molecule has 35 heavy (non-hydrogen) atoms. The Morgan fingerprint density at radius 3 is 2.49 bits per heavy atom. The van der Waals surface area contributed by atoms with E-state index >= 15 is 0 Å². The number of amides is 2. The van der Waals surface area contributed by atoms with Crippen molar-refractivity contribution in [1.29, 1.82) is 0 Å². The van der Waals surface area contributed by atoms with Gasteiger partial charge in [0.2, 0.25) is 0 Å². The van der Waals surface area contributed by atoms with Crippen LogP contribution in [0.25, 0.3) is 0 Å². The summed E-state index contributed by atoms with van der Waals surface area (Å²) in [5, 5.41) is 3.00. The molecule has 0 aliphatic carbocycles. The number of amidine groups is 1. The Kier molecular flexibility index (Phi) is 6.31. The Balaban J connectivity index is 1.37. The molecule has 2 heterocycles. The number of fused-ring (bicyclic) bond motifs is 2. The molecule has 3 aromatic rings. The molecule has 1 saturated heterocycles. The lowest BCUT2D eigenvalue weighted by Gasteiger charge is -2.25. The lowest BCUT2D eigenvalue weighted by atomic mass is 10.1. The van der Waals surface area contributed by atoms with E-state index in [2.05, 4.69) is 42.3 Å². The second kappa shape index (κ2) is 9.70. The highest BCUT2D eigenvalue weighted by atomic mass is 16.5. The van der Waals surface area contributed by atoms with Gasteiger partial charge < -0.3 is 24.6 Å². The van der Waals surface area contributed by atoms with Crippen molar-refractivity contribution >= 4 is 23.2 Å². The Morgan fingerprint density at radius 2 is 1.69 bits per heavy atom. The Hall–Kier alpha value is -4.00. The molecule has 3 aromatic carbocycles. The van der Waals surface area contributed by atoms with Crippen LogP contribution in [0, 0.1) is 13.8 Å². The van der Waals surface area contributed by atoms with Crippen LogP contribution < -0.4 is 14.8 Å². The zero-order valence-electron chi connectivity index (χ0n) is 20.4. The second-order valence-corrected chi connectivity index (χ2v) is 8.99. The van der Waals surface area contributed by atoms with E-state index in [1.54, 1.807) is 7.11 Å². The number of carbonyl (C=O) groups excluding carboxylic acids is 1. The molecule has 0 radical (unpaired) electrons. The Bertz CT molecular complexity index is 1270. The first-order valence-electron chi connectivity index (χ1n) is 11.9. The third kappa shape index (κ3) is 4.94. The lowest BCUT2D eigenvalue weighted by Crippen LogP contribution is -2.39. The van der Waals surface area contributed by atoms with E-state index in [0.29, 0.717) is 19.6 Å². The minimum atomic E-state index is -0.0970. The van der Waals surface area contributed by atoms with Gasteiger partial charge in [-0.2, -0.15) is 0 Å². The first kappa shape index (κ1) is 22.8. The van der Waals surface area contributed by atoms with Gasteiger partial charge in [-0.1, -0.05) is 17.7 Å². The van der Waals surface area contributed by atoms with Crippen molar-refractivity contribution < 1.29 is 14.3 Å². The van der Waals surface area contributed by atoms with E-state index in [1.807, 2.05) is 47.4 Å². The molecular weight excluding hydrogens is 440 g/mol. The first-order chi connectivity index (χ1) is 17.0. The molecule has 0 saturated carbocycles. The van der Waals surface area contributed by atoms with Crippen molar-refractivity contribution in [1.82, 2.24) is 9.80 Å². The van der Waals surface area contributed by atoms with Crippen LogP contribution in [0.15, 0.2) is 65.7 Å². The van der Waals surface area contributed by atoms with Crippen LogP contribution in [-0.4, -0.2) is 55.0 Å². The maximum absolute atomic E-state index is 13.0. The summed E-state index contributed by atoms with van der Waals surface area (Å²) in [6.07, 6.45) is 0.845. The van der Waals surface area contributed by atoms with Crippen molar-refractivity contribution in [3.8, 4) is 17.2 Å². The van der Waals surface area contributed by atoms with Crippen LogP contribution in [0.3, 0.4) is 0 Å². The number of aliphatic imine (C=N–C) groups is 1. The number of methoxy groups -OCH3 is 1. The fraction of sp³-hybridized carbons (Fsp3) is 0.286. The van der Waals surface area contributed by atoms with Gasteiger partial charge >= 0.3 is 6.03 Å². The van der Waals surface area contributed by atoms with E-state index in [4.69, 9.17) is 14.5 Å². The largest absolute Gasteiger partial charge is 0.497 e. The third-order valence-corrected chi connectivity index (χ3v) is 6.36. The molecule has 0 aromatic heterocycles. The van der Waals surface area contributed by atoms with Crippen molar-refractivity contribution in [2.75, 3.05) is 38.6 Å². The van der Waals surface area contributed by atoms with Gasteiger partial charge in [-0.15, -0.1) is 0 Å². The molecule has 180 valence electrons. The molecule has 0 bridgehead atoms. The van der Waals surface area contributed by atoms with Gasteiger partial charge in [0.05, 0.1) is 12.7 Å². The maximum atomic E-state index is 13.0. The summed E-state index contributed by atoms with van der Waals surface area (Å²) in [6, 6.07) is 19.6. The zero-order valence-corrected chi connectivity index (χ0v) is 20.4. The van der Waals surface area contributed by atoms with E-state index in [9.17, 15) is 4.79 Å². The zero-order chi connectivity index (χ0) is 24.4. The highest BCUT2D eigenvalue weighted by molar-refractivity contribution is 6.04. The summed E-state index contributed by atoms with van der Waals surface area (Å²) in [7, 11) is 1.63. The molecular formula is C28H30N4O3. The summed E-state index contributed by atoms with van der Waals surface area (Å²) in [4.78, 5) is 22.2. The number of anilines is 1. The fourth-order valence-electron chi connectivity index (χ4n) is 4.45. The van der Waals surface area contributed by atoms with Crippen molar-refractivity contribution in [2.45, 2.75) is 20.3 Å². The van der Waals surface area contributed by atoms with Crippen LogP contribution in [0.5, 0.6) is 17.2 Å². The minimum Gasteiger partial charge on any atom is -0.497 e. The first-order valence-corrected chi connectivity index (χ1v) is 11.9. The second-order valence-electron chi connectivity index (χ2n) is 8.99. The summed E-state index contributed by atoms with van der Waals surface area (Å²) in [6.45, 7) is 6.90. The number of nitrogens with zero attached hydrogens (tertiary/aromatic N) is 3. The van der Waals surface area contributed by atoms with Gasteiger partial charge in [0, 0.05) is 31.9 Å². The normalized spacial score (nSPS) is 15.1. The molecule has 7 nitrogen and oxygen atoms in total. The monoisotopic (exact) mass is 470 g/mol. The summed E-state index contributed by atoms with van der Waals surface area (Å²) < 4.78 is 11.5. The van der Waals surface area contributed by atoms with Gasteiger partial charge in [-0.05, 0) is 74.4 Å². The topological polar surface area (TPSA) is 66.4 Å². The Labute approximate surface area is 206 Å². The number of hydrogen-bond acceptors (Lipinski definition) is 5. The van der Waals surface area contributed by atoms with Crippen LogP contribution in [0.4, 0.5) is 16.2 Å². The number of ether oxygens (including phenoxy) is 2. The average Bonchev–Trinajstić information content (AvgIpc) is 3.19. The molecule has 5 rings (SSSR count). The number of urea groups is 1. The van der Waals surface area contributed by atoms with Gasteiger partial charge in [0.15, 0.2) is 5.75 Å². The number of nitrogens with one attached hydrogen (secondary N) is 1. The highest BCUT2D eigenvalue weighted by Gasteiger charge is 2.26. The van der Waals surface area contributed by atoms with Crippen LogP contribution in [-0.2, 0) is 0 Å². The molecule has 2 aliphatic heterocycles. The fourth-order valence-corrected chi connectivity index (χ4v) is 4.45. The van der Waals surface area contributed by atoms with Crippen LogP contribution in [0.2, 0.25) is 0 Å². The van der Waals surface area contributed by atoms with Crippen molar-refractivity contribution in [3.63, 3.8) is 0 Å². The SMILES string of the molecule is COc1ccc(NC(=O)N2CCCN(C3=Nc4ccc(C)cc4Oc4ccc(C)cc43)CC2)cc1. The number of aryl methyl sites for hydroxylation is 2. The summed E-state index contributed by atoms with van der Waals surface area (Å²) >= 11 is 0. The number of rotatable bonds is 2. The molecule has 2 aliphatic rings. The number of hydrogen-bond donors (Lipinski definition) is 1. The third-order valence-electron chi connectivity index (χ3n) is 6.36. The highest BCUT2D eigenvalue weighted by Crippen LogP contribution is 2.39. The van der Waals surface area contributed by atoms with Crippen molar-refractivity contribution in [2.24, 2.45) is 4.99 Å². The average molecular weight is 471 g/mol. The van der Waals surface area contributed by atoms with Crippen molar-refractivity contribution in [3.05, 3.63) is 77.4 Å². The van der Waals surface area contributed by atoms with E-state index in [1.165, 1.54) is 0 Å². The quantitative estimate of drug-likeness (QED) is 0.519. The number of carbonyl (C=O) groups is 1. The van der Waals surface area contributed by atoms with Crippen LogP contribution in [0.1, 0.15) is 23.1 Å². The molecule has 7 heteroatoms. The van der Waals surface area contributed by atoms with E-state index < -0.39 is 0 Å². The van der Waals surface area contributed by atoms with Gasteiger partial charge in [0.25, 0.3) is 0 Å². The summed E-state index contributed by atoms with van der Waals surface area (Å²) in [5.41, 5.74) is 4.83. The minimum absolute atomic E-state index is 0.0970. The standard InChI is InChI=1S/C28H30N4O3/c1-19-6-12-25-23(17-19)27(30-24-11-5-20(2)18-26(24)35-25)31-13-4-14-32(16-15-31)28(33)29-21-7-9-22(34-3)10-8-21/h5-12,17-18H,4,13-16H2,1-3H3,(H,29,33). The molecule has 1 fully saturated rings. The van der Waals surface area contributed by atoms with Gasteiger partial charge in [-0.3, -0.25) is 0 Å². The van der Waals surface area contributed by atoms with Crippen LogP contribution >= 0.6 is 0 Å². The Morgan fingerprint density at radius 1 is 0.914 bits per heavy atom. The molecule has 0 unspecified atom stereocenters. The molecule has 2 amide bonds. The molecule has 0 spiro atoms. The lowest BCUT2D eigenvalue weighted by molar-refractivity contribution is 0.214. The maximum Gasteiger partial charge on any atom is 0.321 e. The summed E-state index contributed by atoms with van der Waals surface area (Å²) in [5.74, 6) is 3.22. The van der Waals surface area contributed by atoms with E-state index in [-0.39, 0.29) is 6.03 Å². The predicted octanol–water partition coefficient (Wildman–Crippen LogP) is 5.74. The van der Waals surface area contributed by atoms with E-state index in [0.717, 1.165) is 64.1 Å². The number of benzene rings is 3. The predicted molar refractivity (Wildman–Crippen MR) is 138 cm³/mol. The van der Waals surface area contributed by atoms with Gasteiger partial charge in [-0.25, -0.2) is 9.79 Å². The molecule has 1 N–H and O–H groups in total. The van der Waals surface area contributed by atoms with Gasteiger partial charge in [0.1, 0.15) is 23.0 Å². The smallest absolute Gasteiger partial charge is 0.321 e.